The second-order valence-electron chi connectivity index (χ2n) is 6.05. The Morgan fingerprint density at radius 2 is 1.90 bits per heavy atom. The van der Waals surface area contributed by atoms with Gasteiger partial charge in [-0.3, -0.25) is 4.98 Å². The van der Waals surface area contributed by atoms with E-state index in [-0.39, 0.29) is 0 Å². The van der Waals surface area contributed by atoms with E-state index < -0.39 is 0 Å². The summed E-state index contributed by atoms with van der Waals surface area (Å²) in [5.41, 5.74) is 8.29. The third-order valence-electron chi connectivity index (χ3n) is 4.44. The van der Waals surface area contributed by atoms with Crippen molar-refractivity contribution in [3.05, 3.63) is 24.5 Å². The first-order chi connectivity index (χ1) is 10.2. The molecule has 2 aromatic heterocycles. The molecule has 0 bridgehead atoms. The molecule has 3 rings (SSSR count). The summed E-state index contributed by atoms with van der Waals surface area (Å²) in [7, 11) is 0. The van der Waals surface area contributed by atoms with E-state index in [1.807, 2.05) is 12.1 Å². The fourth-order valence-corrected chi connectivity index (χ4v) is 3.96. The minimum atomic E-state index is 0.632. The molecule has 1 aliphatic heterocycles. The van der Waals surface area contributed by atoms with Crippen molar-refractivity contribution in [2.75, 3.05) is 23.7 Å². The number of nitrogens with zero attached hydrogens (tertiary/aromatic N) is 3. The van der Waals surface area contributed by atoms with Crippen LogP contribution in [0.15, 0.2) is 24.5 Å². The highest BCUT2D eigenvalue weighted by Gasteiger charge is 2.25. The molecule has 2 aromatic rings. The Morgan fingerprint density at radius 1 is 1.24 bits per heavy atom. The molecule has 5 heteroatoms. The van der Waals surface area contributed by atoms with Crippen LogP contribution in [-0.4, -0.2) is 22.4 Å². The van der Waals surface area contributed by atoms with E-state index in [0.717, 1.165) is 36.1 Å². The summed E-state index contributed by atoms with van der Waals surface area (Å²) < 4.78 is 4.38. The standard InChI is InChI=1S/C16H22N4S/c1-11(2)12-5-9-20(10-6-12)16-14(15(17)19-21-16)13-3-7-18-8-4-13/h3-4,7-8,11-12H,5-6,9-10H2,1-2H3,(H2,17,19). The van der Waals surface area contributed by atoms with Gasteiger partial charge in [-0.15, -0.1) is 0 Å². The molecule has 1 saturated heterocycles. The lowest BCUT2D eigenvalue weighted by Gasteiger charge is -2.34. The monoisotopic (exact) mass is 302 g/mol. The molecule has 0 saturated carbocycles. The van der Waals surface area contributed by atoms with E-state index in [1.165, 1.54) is 29.4 Å². The maximum atomic E-state index is 6.11. The topological polar surface area (TPSA) is 55.0 Å². The van der Waals surface area contributed by atoms with Gasteiger partial charge in [0.1, 0.15) is 10.8 Å². The summed E-state index contributed by atoms with van der Waals surface area (Å²) in [6, 6.07) is 4.01. The Hall–Kier alpha value is -1.62. The van der Waals surface area contributed by atoms with Gasteiger partial charge in [0.2, 0.25) is 0 Å². The number of hydrogen-bond acceptors (Lipinski definition) is 5. The third-order valence-corrected chi connectivity index (χ3v) is 5.36. The van der Waals surface area contributed by atoms with E-state index in [0.29, 0.717) is 5.82 Å². The van der Waals surface area contributed by atoms with Crippen LogP contribution in [0, 0.1) is 11.8 Å². The van der Waals surface area contributed by atoms with E-state index in [9.17, 15) is 0 Å². The molecule has 1 fully saturated rings. The van der Waals surface area contributed by atoms with Gasteiger partial charge in [-0.25, -0.2) is 0 Å². The largest absolute Gasteiger partial charge is 0.382 e. The summed E-state index contributed by atoms with van der Waals surface area (Å²) in [6.45, 7) is 6.85. The summed E-state index contributed by atoms with van der Waals surface area (Å²) in [6.07, 6.45) is 6.12. The Bertz CT molecular complexity index is 586. The Kier molecular flexibility index (Phi) is 4.10. The molecule has 0 aromatic carbocycles. The van der Waals surface area contributed by atoms with Crippen molar-refractivity contribution < 1.29 is 0 Å². The lowest BCUT2D eigenvalue weighted by atomic mass is 9.87. The maximum Gasteiger partial charge on any atom is 0.147 e. The van der Waals surface area contributed by atoms with Gasteiger partial charge >= 0.3 is 0 Å². The molecule has 21 heavy (non-hydrogen) atoms. The Labute approximate surface area is 130 Å². The van der Waals surface area contributed by atoms with E-state index in [4.69, 9.17) is 5.73 Å². The zero-order valence-electron chi connectivity index (χ0n) is 12.6. The second-order valence-corrected chi connectivity index (χ2v) is 6.80. The van der Waals surface area contributed by atoms with Crippen LogP contribution in [0.5, 0.6) is 0 Å². The number of anilines is 2. The fourth-order valence-electron chi connectivity index (χ4n) is 3.07. The van der Waals surface area contributed by atoms with Gasteiger partial charge < -0.3 is 10.6 Å². The van der Waals surface area contributed by atoms with Crippen molar-refractivity contribution in [2.24, 2.45) is 11.8 Å². The minimum absolute atomic E-state index is 0.632. The molecular formula is C16H22N4S. The van der Waals surface area contributed by atoms with Gasteiger partial charge in [0.15, 0.2) is 0 Å². The molecule has 0 atom stereocenters. The molecule has 4 nitrogen and oxygen atoms in total. The predicted molar refractivity (Wildman–Crippen MR) is 89.5 cm³/mol. The van der Waals surface area contributed by atoms with Crippen molar-refractivity contribution in [3.63, 3.8) is 0 Å². The molecule has 0 spiro atoms. The SMILES string of the molecule is CC(C)C1CCN(c2snc(N)c2-c2ccncc2)CC1. The number of hydrogen-bond donors (Lipinski definition) is 1. The van der Waals surface area contributed by atoms with Crippen molar-refractivity contribution >= 4 is 22.4 Å². The molecule has 0 radical (unpaired) electrons. The van der Waals surface area contributed by atoms with Crippen LogP contribution in [0.4, 0.5) is 10.8 Å². The molecule has 3 heterocycles. The first kappa shape index (κ1) is 14.3. The summed E-state index contributed by atoms with van der Waals surface area (Å²) in [4.78, 5) is 6.53. The number of nitrogens with two attached hydrogens (primary N) is 1. The van der Waals surface area contributed by atoms with E-state index in [2.05, 4.69) is 28.1 Å². The van der Waals surface area contributed by atoms with Gasteiger partial charge in [-0.2, -0.15) is 4.37 Å². The fraction of sp³-hybridized carbons (Fsp3) is 0.500. The van der Waals surface area contributed by atoms with E-state index in [1.54, 1.807) is 12.4 Å². The van der Waals surface area contributed by atoms with Gasteiger partial charge in [0, 0.05) is 25.5 Å². The zero-order chi connectivity index (χ0) is 14.8. The highest BCUT2D eigenvalue weighted by Crippen LogP contribution is 2.40. The average Bonchev–Trinajstić information content (AvgIpc) is 2.90. The molecule has 0 unspecified atom stereocenters. The minimum Gasteiger partial charge on any atom is -0.382 e. The van der Waals surface area contributed by atoms with Crippen molar-refractivity contribution in [1.29, 1.82) is 0 Å². The quantitative estimate of drug-likeness (QED) is 0.940. The first-order valence-electron chi connectivity index (χ1n) is 7.57. The molecule has 2 N–H and O–H groups in total. The lowest BCUT2D eigenvalue weighted by Crippen LogP contribution is -2.35. The van der Waals surface area contributed by atoms with Crippen LogP contribution in [-0.2, 0) is 0 Å². The molecule has 0 aliphatic carbocycles. The van der Waals surface area contributed by atoms with Crippen LogP contribution in [0.1, 0.15) is 26.7 Å². The highest BCUT2D eigenvalue weighted by atomic mass is 32.1. The Morgan fingerprint density at radius 3 is 2.52 bits per heavy atom. The molecule has 1 aliphatic rings. The van der Waals surface area contributed by atoms with Gasteiger partial charge in [0.05, 0.1) is 5.56 Å². The van der Waals surface area contributed by atoms with E-state index >= 15 is 0 Å². The average molecular weight is 302 g/mol. The van der Waals surface area contributed by atoms with Crippen molar-refractivity contribution in [1.82, 2.24) is 9.36 Å². The van der Waals surface area contributed by atoms with Gasteiger partial charge in [-0.05, 0) is 53.9 Å². The summed E-state index contributed by atoms with van der Waals surface area (Å²) >= 11 is 1.52. The molecule has 112 valence electrons. The van der Waals surface area contributed by atoms with Crippen LogP contribution in [0.25, 0.3) is 11.1 Å². The maximum absolute atomic E-state index is 6.11. The Balaban J connectivity index is 1.85. The highest BCUT2D eigenvalue weighted by molar-refractivity contribution is 7.11. The number of nitrogen functional groups attached to an aromatic ring is 1. The van der Waals surface area contributed by atoms with Crippen molar-refractivity contribution in [2.45, 2.75) is 26.7 Å². The van der Waals surface area contributed by atoms with Crippen LogP contribution < -0.4 is 10.6 Å². The predicted octanol–water partition coefficient (Wildman–Crippen LogP) is 3.66. The molecule has 0 amide bonds. The number of rotatable bonds is 3. The first-order valence-corrected chi connectivity index (χ1v) is 8.34. The van der Waals surface area contributed by atoms with Gasteiger partial charge in [-0.1, -0.05) is 13.8 Å². The smallest absolute Gasteiger partial charge is 0.147 e. The number of aromatic nitrogens is 2. The molecular weight excluding hydrogens is 280 g/mol. The summed E-state index contributed by atoms with van der Waals surface area (Å²) in [5.74, 6) is 2.25. The van der Waals surface area contributed by atoms with Gasteiger partial charge in [0.25, 0.3) is 0 Å². The van der Waals surface area contributed by atoms with Crippen LogP contribution in [0.2, 0.25) is 0 Å². The van der Waals surface area contributed by atoms with Crippen LogP contribution >= 0.6 is 11.5 Å². The number of pyridine rings is 1. The normalized spacial score (nSPS) is 16.6. The second kappa shape index (κ2) is 6.02. The zero-order valence-corrected chi connectivity index (χ0v) is 13.4. The third kappa shape index (κ3) is 2.88. The number of piperidine rings is 1. The summed E-state index contributed by atoms with van der Waals surface area (Å²) in [5, 5.41) is 1.21. The lowest BCUT2D eigenvalue weighted by molar-refractivity contribution is 0.312. The van der Waals surface area contributed by atoms with Crippen molar-refractivity contribution in [3.8, 4) is 11.1 Å². The van der Waals surface area contributed by atoms with Crippen LogP contribution in [0.3, 0.4) is 0 Å².